The molecule has 1 aromatic heterocycles. The van der Waals surface area contributed by atoms with E-state index in [2.05, 4.69) is 15.4 Å². The Morgan fingerprint density at radius 1 is 0.897 bits per heavy atom. The van der Waals surface area contributed by atoms with Crippen LogP contribution in [0.3, 0.4) is 0 Å². The highest BCUT2D eigenvalue weighted by molar-refractivity contribution is 7.99. The van der Waals surface area contributed by atoms with Crippen molar-refractivity contribution in [3.63, 3.8) is 0 Å². The second-order valence-electron chi connectivity index (χ2n) is 6.08. The van der Waals surface area contributed by atoms with Gasteiger partial charge in [-0.2, -0.15) is 0 Å². The molecule has 3 aromatic carbocycles. The van der Waals surface area contributed by atoms with Crippen molar-refractivity contribution in [1.29, 1.82) is 0 Å². The van der Waals surface area contributed by atoms with Crippen LogP contribution in [0.4, 0.5) is 5.69 Å². The Labute approximate surface area is 172 Å². The summed E-state index contributed by atoms with van der Waals surface area (Å²) in [5.74, 6) is 1.58. The Bertz CT molecular complexity index is 1070. The number of carbonyl (C=O) groups is 1. The van der Waals surface area contributed by atoms with Crippen LogP contribution in [0.15, 0.2) is 96.4 Å². The van der Waals surface area contributed by atoms with Crippen molar-refractivity contribution in [3.8, 4) is 17.2 Å². The summed E-state index contributed by atoms with van der Waals surface area (Å²) >= 11 is 1.29. The van der Waals surface area contributed by atoms with Gasteiger partial charge in [-0.25, -0.2) is 9.67 Å². The number of ether oxygens (including phenoxy) is 1. The number of anilines is 1. The minimum absolute atomic E-state index is 0.122. The second kappa shape index (κ2) is 9.07. The summed E-state index contributed by atoms with van der Waals surface area (Å²) < 4.78 is 7.43. The van der Waals surface area contributed by atoms with E-state index in [0.717, 1.165) is 11.4 Å². The highest BCUT2D eigenvalue weighted by atomic mass is 32.2. The van der Waals surface area contributed by atoms with Gasteiger partial charge in [0.15, 0.2) is 0 Å². The van der Waals surface area contributed by atoms with Gasteiger partial charge < -0.3 is 10.1 Å². The van der Waals surface area contributed by atoms with Crippen LogP contribution in [-0.2, 0) is 4.79 Å². The zero-order chi connectivity index (χ0) is 19.9. The number of thioether (sulfide) groups is 1. The first-order valence-electron chi connectivity index (χ1n) is 8.99. The van der Waals surface area contributed by atoms with E-state index in [-0.39, 0.29) is 11.7 Å². The van der Waals surface area contributed by atoms with Crippen LogP contribution < -0.4 is 10.1 Å². The Hall–Kier alpha value is -3.58. The van der Waals surface area contributed by atoms with Gasteiger partial charge in [0.05, 0.1) is 11.4 Å². The van der Waals surface area contributed by atoms with Crippen molar-refractivity contribution in [2.24, 2.45) is 0 Å². The Kier molecular flexibility index (Phi) is 5.87. The third kappa shape index (κ3) is 5.24. The number of amides is 1. The lowest BCUT2D eigenvalue weighted by atomic mass is 10.3. The second-order valence-corrected chi connectivity index (χ2v) is 7.03. The lowest BCUT2D eigenvalue weighted by Crippen LogP contribution is -2.14. The Balaban J connectivity index is 1.28. The number of nitrogens with zero attached hydrogens (tertiary/aromatic N) is 3. The van der Waals surface area contributed by atoms with Gasteiger partial charge in [-0.3, -0.25) is 4.79 Å². The van der Waals surface area contributed by atoms with Gasteiger partial charge in [0.1, 0.15) is 17.8 Å². The third-order valence-electron chi connectivity index (χ3n) is 3.94. The number of aromatic nitrogens is 3. The van der Waals surface area contributed by atoms with Crippen molar-refractivity contribution in [2.45, 2.75) is 5.16 Å². The van der Waals surface area contributed by atoms with Crippen molar-refractivity contribution in [1.82, 2.24) is 14.8 Å². The number of benzene rings is 3. The Morgan fingerprint density at radius 3 is 2.28 bits per heavy atom. The summed E-state index contributed by atoms with van der Waals surface area (Å²) in [4.78, 5) is 16.5. The fourth-order valence-electron chi connectivity index (χ4n) is 2.58. The maximum absolute atomic E-state index is 12.2. The normalized spacial score (nSPS) is 10.5. The fraction of sp³-hybridized carbons (Fsp3) is 0.0455. The fourth-order valence-corrected chi connectivity index (χ4v) is 3.18. The summed E-state index contributed by atoms with van der Waals surface area (Å²) in [5, 5.41) is 7.80. The molecule has 0 aliphatic heterocycles. The zero-order valence-corrected chi connectivity index (χ0v) is 16.3. The van der Waals surface area contributed by atoms with E-state index in [9.17, 15) is 4.79 Å². The third-order valence-corrected chi connectivity index (χ3v) is 4.79. The molecule has 0 saturated heterocycles. The first kappa shape index (κ1) is 18.8. The molecule has 1 amide bonds. The van der Waals surface area contributed by atoms with Gasteiger partial charge in [0, 0.05) is 5.69 Å². The van der Waals surface area contributed by atoms with Crippen LogP contribution in [0.5, 0.6) is 11.5 Å². The standard InChI is InChI=1S/C22H18N4O2S/c27-21(15-29-22-23-16-26(25-22)18-7-3-1-4-8-18)24-17-11-13-20(14-12-17)28-19-9-5-2-6-10-19/h1-14,16H,15H2,(H,24,27). The molecule has 29 heavy (non-hydrogen) atoms. The van der Waals surface area contributed by atoms with Crippen LogP contribution in [0.25, 0.3) is 5.69 Å². The Morgan fingerprint density at radius 2 is 1.55 bits per heavy atom. The summed E-state index contributed by atoms with van der Waals surface area (Å²) in [5.41, 5.74) is 1.63. The van der Waals surface area contributed by atoms with Crippen molar-refractivity contribution in [3.05, 3.63) is 91.3 Å². The molecule has 0 spiro atoms. The number of carbonyl (C=O) groups excluding carboxylic acids is 1. The number of rotatable bonds is 7. The summed E-state index contributed by atoms with van der Waals surface area (Å²) in [6, 6.07) is 26.5. The number of para-hydroxylation sites is 2. The predicted octanol–water partition coefficient (Wildman–Crippen LogP) is 4.79. The van der Waals surface area contributed by atoms with Crippen molar-refractivity contribution in [2.75, 3.05) is 11.1 Å². The van der Waals surface area contributed by atoms with Gasteiger partial charge in [0.25, 0.3) is 0 Å². The molecule has 0 atom stereocenters. The quantitative estimate of drug-likeness (QED) is 0.450. The molecular weight excluding hydrogens is 384 g/mol. The van der Waals surface area contributed by atoms with E-state index < -0.39 is 0 Å². The molecule has 7 heteroatoms. The van der Waals surface area contributed by atoms with Crippen molar-refractivity contribution >= 4 is 23.4 Å². The molecule has 4 rings (SSSR count). The lowest BCUT2D eigenvalue weighted by Gasteiger charge is -2.07. The summed E-state index contributed by atoms with van der Waals surface area (Å²) in [7, 11) is 0. The van der Waals surface area contributed by atoms with Crippen LogP contribution in [-0.4, -0.2) is 26.4 Å². The number of nitrogens with one attached hydrogen (secondary N) is 1. The van der Waals surface area contributed by atoms with Gasteiger partial charge in [-0.05, 0) is 48.5 Å². The molecule has 1 N–H and O–H groups in total. The van der Waals surface area contributed by atoms with E-state index in [1.807, 2.05) is 84.9 Å². The average molecular weight is 402 g/mol. The van der Waals surface area contributed by atoms with Crippen LogP contribution in [0, 0.1) is 0 Å². The van der Waals surface area contributed by atoms with E-state index >= 15 is 0 Å². The minimum Gasteiger partial charge on any atom is -0.457 e. The molecule has 0 saturated carbocycles. The first-order valence-corrected chi connectivity index (χ1v) is 9.97. The van der Waals surface area contributed by atoms with Crippen molar-refractivity contribution < 1.29 is 9.53 Å². The molecule has 144 valence electrons. The molecular formula is C22H18N4O2S. The largest absolute Gasteiger partial charge is 0.457 e. The highest BCUT2D eigenvalue weighted by Gasteiger charge is 2.08. The zero-order valence-electron chi connectivity index (χ0n) is 15.4. The van der Waals surface area contributed by atoms with E-state index in [4.69, 9.17) is 4.74 Å². The van der Waals surface area contributed by atoms with Gasteiger partial charge in [-0.1, -0.05) is 48.2 Å². The number of hydrogen-bond donors (Lipinski definition) is 1. The topological polar surface area (TPSA) is 69.0 Å². The van der Waals surface area contributed by atoms with Crippen LogP contribution in [0.1, 0.15) is 0 Å². The molecule has 0 aliphatic carbocycles. The molecule has 6 nitrogen and oxygen atoms in total. The molecule has 4 aromatic rings. The smallest absolute Gasteiger partial charge is 0.234 e. The average Bonchev–Trinajstić information content (AvgIpc) is 3.24. The van der Waals surface area contributed by atoms with E-state index in [0.29, 0.717) is 16.6 Å². The maximum Gasteiger partial charge on any atom is 0.234 e. The van der Waals surface area contributed by atoms with Gasteiger partial charge >= 0.3 is 0 Å². The molecule has 1 heterocycles. The first-order chi connectivity index (χ1) is 14.3. The summed E-state index contributed by atoms with van der Waals surface area (Å²) in [6.45, 7) is 0. The maximum atomic E-state index is 12.2. The SMILES string of the molecule is O=C(CSc1ncn(-c2ccccc2)n1)Nc1ccc(Oc2ccccc2)cc1. The monoisotopic (exact) mass is 402 g/mol. The number of hydrogen-bond acceptors (Lipinski definition) is 5. The lowest BCUT2D eigenvalue weighted by molar-refractivity contribution is -0.113. The molecule has 0 radical (unpaired) electrons. The van der Waals surface area contributed by atoms with E-state index in [1.54, 1.807) is 11.0 Å². The molecule has 0 bridgehead atoms. The molecule has 0 unspecified atom stereocenters. The van der Waals surface area contributed by atoms with Crippen LogP contribution in [0.2, 0.25) is 0 Å². The van der Waals surface area contributed by atoms with Crippen LogP contribution >= 0.6 is 11.8 Å². The van der Waals surface area contributed by atoms with Gasteiger partial charge in [0.2, 0.25) is 11.1 Å². The molecule has 0 aliphatic rings. The highest BCUT2D eigenvalue weighted by Crippen LogP contribution is 2.23. The van der Waals surface area contributed by atoms with Gasteiger partial charge in [-0.15, -0.1) is 5.10 Å². The summed E-state index contributed by atoms with van der Waals surface area (Å²) in [6.07, 6.45) is 1.64. The predicted molar refractivity (Wildman–Crippen MR) is 114 cm³/mol. The minimum atomic E-state index is -0.122. The molecule has 0 fully saturated rings. The van der Waals surface area contributed by atoms with E-state index in [1.165, 1.54) is 11.8 Å².